The van der Waals surface area contributed by atoms with Gasteiger partial charge < -0.3 is 0 Å². The molecular weight excluding hydrogens is 285 g/mol. The average molecular weight is 317 g/mol. The summed E-state index contributed by atoms with van der Waals surface area (Å²) in [5.74, 6) is 2.11. The molecule has 2 heteroatoms. The van der Waals surface area contributed by atoms with Crippen LogP contribution >= 0.6 is 0 Å². The SMILES string of the molecule is CCCC[C@H]1CC[C@H](C=C[C@H]2CC[C@H](C=C(F)C#N)CC2)CC1. The zero-order valence-electron chi connectivity index (χ0n) is 14.6. The largest absolute Gasteiger partial charge is 0.196 e. The van der Waals surface area contributed by atoms with Gasteiger partial charge in [-0.05, 0) is 81.1 Å². The van der Waals surface area contributed by atoms with Crippen LogP contribution in [0, 0.1) is 35.0 Å². The molecule has 0 aliphatic heterocycles. The maximum absolute atomic E-state index is 13.0. The molecular formula is C21H32FN. The summed E-state index contributed by atoms with van der Waals surface area (Å²) in [6.07, 6.45) is 20.5. The molecule has 0 aromatic carbocycles. The van der Waals surface area contributed by atoms with Gasteiger partial charge in [0.1, 0.15) is 6.07 Å². The molecule has 0 heterocycles. The van der Waals surface area contributed by atoms with Crippen molar-refractivity contribution in [3.63, 3.8) is 0 Å². The van der Waals surface area contributed by atoms with Crippen molar-refractivity contribution in [3.05, 3.63) is 24.1 Å². The average Bonchev–Trinajstić information content (AvgIpc) is 2.60. The smallest absolute Gasteiger partial charge is 0.195 e. The maximum atomic E-state index is 13.0. The van der Waals surface area contributed by atoms with E-state index in [0.29, 0.717) is 5.92 Å². The van der Waals surface area contributed by atoms with Gasteiger partial charge in [0.2, 0.25) is 0 Å². The van der Waals surface area contributed by atoms with E-state index in [0.717, 1.165) is 37.5 Å². The van der Waals surface area contributed by atoms with Gasteiger partial charge in [-0.3, -0.25) is 0 Å². The number of allylic oxidation sites excluding steroid dienone is 4. The van der Waals surface area contributed by atoms with Crippen LogP contribution in [0.15, 0.2) is 24.1 Å². The highest BCUT2D eigenvalue weighted by atomic mass is 19.1. The molecule has 128 valence electrons. The van der Waals surface area contributed by atoms with Crippen molar-refractivity contribution in [1.82, 2.24) is 0 Å². The lowest BCUT2D eigenvalue weighted by Crippen LogP contribution is -2.14. The van der Waals surface area contributed by atoms with Crippen LogP contribution in [-0.4, -0.2) is 0 Å². The van der Waals surface area contributed by atoms with Gasteiger partial charge in [-0.1, -0.05) is 38.3 Å². The molecule has 0 saturated heterocycles. The molecule has 0 amide bonds. The minimum atomic E-state index is -0.608. The third-order valence-electron chi connectivity index (χ3n) is 5.82. The number of unbranched alkanes of at least 4 members (excludes halogenated alkanes) is 1. The van der Waals surface area contributed by atoms with Gasteiger partial charge in [-0.15, -0.1) is 0 Å². The molecule has 0 atom stereocenters. The van der Waals surface area contributed by atoms with Crippen LogP contribution in [0.5, 0.6) is 0 Å². The Bertz CT molecular complexity index is 429. The minimum absolute atomic E-state index is 0.272. The van der Waals surface area contributed by atoms with E-state index in [4.69, 9.17) is 5.26 Å². The Morgan fingerprint density at radius 2 is 1.48 bits per heavy atom. The predicted molar refractivity (Wildman–Crippen MR) is 94.4 cm³/mol. The lowest BCUT2D eigenvalue weighted by molar-refractivity contribution is 0.288. The van der Waals surface area contributed by atoms with Crippen molar-refractivity contribution >= 4 is 0 Å². The monoisotopic (exact) mass is 317 g/mol. The predicted octanol–water partition coefficient (Wildman–Crippen LogP) is 6.72. The number of halogens is 1. The molecule has 2 aliphatic rings. The van der Waals surface area contributed by atoms with Crippen LogP contribution in [0.2, 0.25) is 0 Å². The molecule has 0 radical (unpaired) electrons. The Morgan fingerprint density at radius 3 is 2.00 bits per heavy atom. The number of nitrogens with zero attached hydrogens (tertiary/aromatic N) is 1. The zero-order chi connectivity index (χ0) is 16.5. The van der Waals surface area contributed by atoms with E-state index in [2.05, 4.69) is 19.1 Å². The van der Waals surface area contributed by atoms with Gasteiger partial charge >= 0.3 is 0 Å². The van der Waals surface area contributed by atoms with Crippen molar-refractivity contribution in [2.75, 3.05) is 0 Å². The van der Waals surface area contributed by atoms with Crippen molar-refractivity contribution in [3.8, 4) is 6.07 Å². The Labute approximate surface area is 141 Å². The third kappa shape index (κ3) is 6.50. The van der Waals surface area contributed by atoms with E-state index in [1.807, 2.05) is 0 Å². The highest BCUT2D eigenvalue weighted by Crippen LogP contribution is 2.35. The van der Waals surface area contributed by atoms with Crippen LogP contribution in [0.25, 0.3) is 0 Å². The molecule has 2 aliphatic carbocycles. The summed E-state index contributed by atoms with van der Waals surface area (Å²) in [6.45, 7) is 2.29. The molecule has 0 bridgehead atoms. The van der Waals surface area contributed by atoms with Crippen LogP contribution in [0.3, 0.4) is 0 Å². The molecule has 2 rings (SSSR count). The van der Waals surface area contributed by atoms with Crippen molar-refractivity contribution in [2.45, 2.75) is 77.6 Å². The minimum Gasteiger partial charge on any atom is -0.195 e. The maximum Gasteiger partial charge on any atom is 0.196 e. The first-order chi connectivity index (χ1) is 11.2. The van der Waals surface area contributed by atoms with Crippen LogP contribution < -0.4 is 0 Å². The number of hydrogen-bond acceptors (Lipinski definition) is 1. The molecule has 0 aromatic heterocycles. The number of nitriles is 1. The van der Waals surface area contributed by atoms with Crippen molar-refractivity contribution < 1.29 is 4.39 Å². The molecule has 2 fully saturated rings. The fourth-order valence-electron chi connectivity index (χ4n) is 4.22. The summed E-state index contributed by atoms with van der Waals surface area (Å²) < 4.78 is 13.0. The first-order valence-corrected chi connectivity index (χ1v) is 9.67. The highest BCUT2D eigenvalue weighted by Gasteiger charge is 2.21. The first kappa shape index (κ1) is 18.2. The molecule has 0 N–H and O–H groups in total. The topological polar surface area (TPSA) is 23.8 Å². The van der Waals surface area contributed by atoms with Gasteiger partial charge in [0.25, 0.3) is 0 Å². The Balaban J connectivity index is 1.67. The summed E-state index contributed by atoms with van der Waals surface area (Å²) in [7, 11) is 0. The number of rotatable bonds is 6. The van der Waals surface area contributed by atoms with Crippen molar-refractivity contribution in [2.24, 2.45) is 23.7 Å². The fraction of sp³-hybridized carbons (Fsp3) is 0.762. The van der Waals surface area contributed by atoms with Gasteiger partial charge in [0.15, 0.2) is 5.83 Å². The quantitative estimate of drug-likeness (QED) is 0.394. The van der Waals surface area contributed by atoms with Gasteiger partial charge in [0.05, 0.1) is 0 Å². The lowest BCUT2D eigenvalue weighted by atomic mass is 9.78. The van der Waals surface area contributed by atoms with Crippen LogP contribution in [0.1, 0.15) is 77.6 Å². The molecule has 0 aromatic rings. The third-order valence-corrected chi connectivity index (χ3v) is 5.82. The normalized spacial score (nSPS) is 32.8. The Kier molecular flexibility index (Phi) is 7.86. The summed E-state index contributed by atoms with van der Waals surface area (Å²) in [5, 5.41) is 8.51. The summed E-state index contributed by atoms with van der Waals surface area (Å²) >= 11 is 0. The summed E-state index contributed by atoms with van der Waals surface area (Å²) in [6, 6.07) is 1.59. The van der Waals surface area contributed by atoms with E-state index < -0.39 is 5.83 Å². The molecule has 2 saturated carbocycles. The lowest BCUT2D eigenvalue weighted by Gasteiger charge is -2.28. The molecule has 1 nitrogen and oxygen atoms in total. The zero-order valence-corrected chi connectivity index (χ0v) is 14.6. The van der Waals surface area contributed by atoms with Crippen molar-refractivity contribution in [1.29, 1.82) is 5.26 Å². The highest BCUT2D eigenvalue weighted by molar-refractivity contribution is 5.13. The molecule has 0 spiro atoms. The van der Waals surface area contributed by atoms with Gasteiger partial charge in [-0.2, -0.15) is 9.65 Å². The second-order valence-electron chi connectivity index (χ2n) is 7.61. The first-order valence-electron chi connectivity index (χ1n) is 9.67. The molecule has 23 heavy (non-hydrogen) atoms. The van der Waals surface area contributed by atoms with Crippen LogP contribution in [-0.2, 0) is 0 Å². The van der Waals surface area contributed by atoms with Gasteiger partial charge in [0, 0.05) is 0 Å². The standard InChI is InChI=1S/C21H32FN/c1-2-3-4-17-5-7-18(8-6-17)9-10-19-11-13-20(14-12-19)15-21(22)16-23/h9-10,15,17-20H,2-8,11-14H2,1H3/t17-,18-,19-,20-. The van der Waals surface area contributed by atoms with Gasteiger partial charge in [-0.25, -0.2) is 0 Å². The van der Waals surface area contributed by atoms with Crippen LogP contribution in [0.4, 0.5) is 4.39 Å². The summed E-state index contributed by atoms with van der Waals surface area (Å²) in [5.41, 5.74) is 0. The van der Waals surface area contributed by atoms with E-state index >= 15 is 0 Å². The van der Waals surface area contributed by atoms with E-state index in [1.165, 1.54) is 51.0 Å². The second-order valence-corrected chi connectivity index (χ2v) is 7.61. The Hall–Kier alpha value is -1.10. The number of hydrogen-bond donors (Lipinski definition) is 0. The second kappa shape index (κ2) is 9.91. The molecule has 0 unspecified atom stereocenters. The summed E-state index contributed by atoms with van der Waals surface area (Å²) in [4.78, 5) is 0. The van der Waals surface area contributed by atoms with E-state index in [9.17, 15) is 4.39 Å². The fourth-order valence-corrected chi connectivity index (χ4v) is 4.22. The Morgan fingerprint density at radius 1 is 0.957 bits per heavy atom. The van der Waals surface area contributed by atoms with E-state index in [1.54, 1.807) is 6.07 Å². The van der Waals surface area contributed by atoms with E-state index in [-0.39, 0.29) is 5.92 Å².